The van der Waals surface area contributed by atoms with Crippen LogP contribution in [-0.4, -0.2) is 65.7 Å². The molecule has 0 aromatic heterocycles. The molecule has 0 unspecified atom stereocenters. The molecule has 0 spiro atoms. The monoisotopic (exact) mass is 337 g/mol. The number of hydrogen-bond donors (Lipinski definition) is 2. The fourth-order valence-electron chi connectivity index (χ4n) is 3.59. The molecule has 0 radical (unpaired) electrons. The number of likely N-dealkylation sites (tertiary alicyclic amines) is 1. The van der Waals surface area contributed by atoms with Gasteiger partial charge in [0.25, 0.3) is 0 Å². The first-order valence-corrected chi connectivity index (χ1v) is 8.39. The molecular formula is C18H27NO5. The Morgan fingerprint density at radius 2 is 1.92 bits per heavy atom. The predicted octanol–water partition coefficient (Wildman–Crippen LogP) is 0.966. The fourth-order valence-corrected chi connectivity index (χ4v) is 3.59. The molecule has 1 aromatic rings. The van der Waals surface area contributed by atoms with Gasteiger partial charge < -0.3 is 24.4 Å². The first-order chi connectivity index (χ1) is 11.4. The van der Waals surface area contributed by atoms with Crippen molar-refractivity contribution < 1.29 is 24.4 Å². The highest BCUT2D eigenvalue weighted by Crippen LogP contribution is 2.40. The Hall–Kier alpha value is -1.02. The van der Waals surface area contributed by atoms with Gasteiger partial charge in [0, 0.05) is 39.3 Å². The minimum absolute atomic E-state index is 0.0183. The van der Waals surface area contributed by atoms with Gasteiger partial charge in [0.15, 0.2) is 0 Å². The van der Waals surface area contributed by atoms with E-state index in [1.165, 1.54) is 19.6 Å². The fraction of sp³-hybridized carbons (Fsp3) is 0.667. The summed E-state index contributed by atoms with van der Waals surface area (Å²) in [6, 6.07) is 10.2. The summed E-state index contributed by atoms with van der Waals surface area (Å²) in [6.45, 7) is 5.32. The van der Waals surface area contributed by atoms with E-state index in [0.717, 1.165) is 6.54 Å². The Labute approximate surface area is 142 Å². The lowest BCUT2D eigenvalue weighted by atomic mass is 9.89. The lowest BCUT2D eigenvalue weighted by molar-refractivity contribution is -0.452. The maximum atomic E-state index is 10.6. The van der Waals surface area contributed by atoms with Gasteiger partial charge in [-0.2, -0.15) is 0 Å². The number of benzene rings is 1. The van der Waals surface area contributed by atoms with Crippen LogP contribution in [0.4, 0.5) is 0 Å². The zero-order valence-corrected chi connectivity index (χ0v) is 14.5. The average Bonchev–Trinajstić information content (AvgIpc) is 2.56. The number of ether oxygens (including phenoxy) is 3. The summed E-state index contributed by atoms with van der Waals surface area (Å²) in [6.07, 6.45) is -0.634. The predicted molar refractivity (Wildman–Crippen MR) is 88.1 cm³/mol. The highest BCUT2D eigenvalue weighted by atomic mass is 16.8. The molecule has 6 heteroatoms. The van der Waals surface area contributed by atoms with Gasteiger partial charge in [-0.05, 0) is 19.4 Å². The summed E-state index contributed by atoms with van der Waals surface area (Å²) in [5, 5.41) is 20.4. The summed E-state index contributed by atoms with van der Waals surface area (Å²) in [7, 11) is 1.49. The molecule has 0 aliphatic carbocycles. The number of aliphatic hydroxyl groups is 2. The van der Waals surface area contributed by atoms with Crippen molar-refractivity contribution in [1.82, 2.24) is 4.90 Å². The summed E-state index contributed by atoms with van der Waals surface area (Å²) < 4.78 is 17.4. The Bertz CT molecular complexity index is 552. The molecule has 2 N–H and O–H groups in total. The number of methoxy groups -OCH3 is 1. The molecule has 3 rings (SSSR count). The Kier molecular flexibility index (Phi) is 4.97. The summed E-state index contributed by atoms with van der Waals surface area (Å²) in [5.74, 6) is -2.94. The second kappa shape index (κ2) is 6.71. The van der Waals surface area contributed by atoms with Crippen LogP contribution in [-0.2, 0) is 20.8 Å². The molecule has 6 nitrogen and oxygen atoms in total. The molecule has 2 heterocycles. The molecule has 134 valence electrons. The van der Waals surface area contributed by atoms with Gasteiger partial charge in [-0.1, -0.05) is 30.3 Å². The third-order valence-electron chi connectivity index (χ3n) is 5.22. The van der Waals surface area contributed by atoms with Gasteiger partial charge >= 0.3 is 0 Å². The minimum atomic E-state index is -1.57. The van der Waals surface area contributed by atoms with E-state index in [9.17, 15) is 10.2 Å². The third-order valence-corrected chi connectivity index (χ3v) is 5.22. The molecule has 2 aliphatic heterocycles. The highest BCUT2D eigenvalue weighted by molar-refractivity contribution is 5.15. The number of piperidine rings is 1. The van der Waals surface area contributed by atoms with Gasteiger partial charge in [0.05, 0.1) is 6.10 Å². The van der Waals surface area contributed by atoms with Crippen LogP contribution in [0.25, 0.3) is 0 Å². The van der Waals surface area contributed by atoms with E-state index in [4.69, 9.17) is 14.2 Å². The van der Waals surface area contributed by atoms with Gasteiger partial charge in [0.1, 0.15) is 6.10 Å². The van der Waals surface area contributed by atoms with E-state index in [0.29, 0.717) is 13.1 Å². The summed E-state index contributed by atoms with van der Waals surface area (Å²) in [4.78, 5) is 2.25. The average molecular weight is 337 g/mol. The SMILES string of the molecule is CO[C@@]1(C)O[C@@H]2CN(Cc3ccccc3)C[C@H](CO)[C@H]2O[C@]1(C)O. The normalized spacial score (nSPS) is 40.3. The van der Waals surface area contributed by atoms with Crippen LogP contribution in [0, 0.1) is 5.92 Å². The maximum Gasteiger partial charge on any atom is 0.220 e. The minimum Gasteiger partial charge on any atom is -0.396 e. The van der Waals surface area contributed by atoms with E-state index in [2.05, 4.69) is 17.0 Å². The summed E-state index contributed by atoms with van der Waals surface area (Å²) >= 11 is 0. The van der Waals surface area contributed by atoms with Crippen LogP contribution in [0.15, 0.2) is 30.3 Å². The van der Waals surface area contributed by atoms with Crippen LogP contribution < -0.4 is 0 Å². The number of rotatable bonds is 4. The Balaban J connectivity index is 1.77. The van der Waals surface area contributed by atoms with E-state index in [1.807, 2.05) is 18.2 Å². The van der Waals surface area contributed by atoms with Crippen molar-refractivity contribution in [2.75, 3.05) is 26.8 Å². The zero-order chi connectivity index (χ0) is 17.4. The lowest BCUT2D eigenvalue weighted by Gasteiger charge is -2.55. The molecule has 24 heavy (non-hydrogen) atoms. The van der Waals surface area contributed by atoms with Crippen LogP contribution in [0.2, 0.25) is 0 Å². The van der Waals surface area contributed by atoms with E-state index >= 15 is 0 Å². The molecule has 2 fully saturated rings. The first kappa shape index (κ1) is 17.8. The van der Waals surface area contributed by atoms with Gasteiger partial charge in [-0.15, -0.1) is 0 Å². The zero-order valence-electron chi connectivity index (χ0n) is 14.5. The molecule has 2 aliphatic rings. The highest BCUT2D eigenvalue weighted by Gasteiger charge is 2.57. The second-order valence-corrected chi connectivity index (χ2v) is 6.99. The van der Waals surface area contributed by atoms with Crippen LogP contribution in [0.1, 0.15) is 19.4 Å². The molecule has 0 saturated carbocycles. The number of fused-ring (bicyclic) bond motifs is 1. The number of nitrogens with zero attached hydrogens (tertiary/aromatic N) is 1. The van der Waals surface area contributed by atoms with E-state index in [-0.39, 0.29) is 24.7 Å². The van der Waals surface area contributed by atoms with Crippen molar-refractivity contribution in [2.45, 2.75) is 44.2 Å². The van der Waals surface area contributed by atoms with Crippen molar-refractivity contribution in [2.24, 2.45) is 5.92 Å². The number of aliphatic hydroxyl groups excluding tert-OH is 1. The Morgan fingerprint density at radius 3 is 2.54 bits per heavy atom. The van der Waals surface area contributed by atoms with Crippen molar-refractivity contribution in [3.05, 3.63) is 35.9 Å². The van der Waals surface area contributed by atoms with Crippen LogP contribution in [0.5, 0.6) is 0 Å². The molecule has 1 aromatic carbocycles. The van der Waals surface area contributed by atoms with Gasteiger partial charge in [-0.25, -0.2) is 0 Å². The van der Waals surface area contributed by atoms with E-state index in [1.54, 1.807) is 6.92 Å². The van der Waals surface area contributed by atoms with Gasteiger partial charge in [-0.3, -0.25) is 4.90 Å². The van der Waals surface area contributed by atoms with Crippen molar-refractivity contribution in [3.8, 4) is 0 Å². The largest absolute Gasteiger partial charge is 0.396 e. The second-order valence-electron chi connectivity index (χ2n) is 6.99. The van der Waals surface area contributed by atoms with Crippen molar-refractivity contribution in [3.63, 3.8) is 0 Å². The first-order valence-electron chi connectivity index (χ1n) is 8.39. The topological polar surface area (TPSA) is 71.4 Å². The maximum absolute atomic E-state index is 10.6. The molecule has 2 saturated heterocycles. The third kappa shape index (κ3) is 3.22. The van der Waals surface area contributed by atoms with Gasteiger partial charge in [0.2, 0.25) is 11.6 Å². The van der Waals surface area contributed by atoms with Crippen LogP contribution >= 0.6 is 0 Å². The van der Waals surface area contributed by atoms with Crippen molar-refractivity contribution in [1.29, 1.82) is 0 Å². The summed E-state index contributed by atoms with van der Waals surface area (Å²) in [5.41, 5.74) is 1.21. The molecule has 5 atom stereocenters. The molecule has 0 bridgehead atoms. The lowest BCUT2D eigenvalue weighted by Crippen LogP contribution is -2.69. The van der Waals surface area contributed by atoms with E-state index < -0.39 is 11.6 Å². The smallest absolute Gasteiger partial charge is 0.220 e. The van der Waals surface area contributed by atoms with Crippen LogP contribution in [0.3, 0.4) is 0 Å². The molecular weight excluding hydrogens is 310 g/mol. The number of hydrogen-bond acceptors (Lipinski definition) is 6. The standard InChI is InChI=1S/C18H27NO5/c1-17(21)18(2,22-3)23-15-11-19(9-13-7-5-4-6-8-13)10-14(12-20)16(15)24-17/h4-8,14-16,20-21H,9-12H2,1-3H3/t14-,15-,16-,17+,18+/m1/s1. The Morgan fingerprint density at radius 1 is 1.21 bits per heavy atom. The quantitative estimate of drug-likeness (QED) is 0.853. The van der Waals surface area contributed by atoms with Crippen molar-refractivity contribution >= 4 is 0 Å². The molecule has 0 amide bonds.